The van der Waals surface area contributed by atoms with Crippen LogP contribution < -0.4 is 0 Å². The molecule has 0 aliphatic rings. The number of aliphatic hydroxyl groups is 1. The molecule has 0 aliphatic carbocycles. The molecule has 4 nitrogen and oxygen atoms in total. The maximum absolute atomic E-state index is 14.0. The third-order valence-electron chi connectivity index (χ3n) is 4.15. The average molecular weight is 333 g/mol. The lowest BCUT2D eigenvalue weighted by Gasteiger charge is -2.05. The quantitative estimate of drug-likeness (QED) is 0.618. The second-order valence-corrected chi connectivity index (χ2v) is 5.79. The van der Waals surface area contributed by atoms with E-state index >= 15 is 0 Å². The largest absolute Gasteiger partial charge is 0.390 e. The molecule has 0 spiro atoms. The lowest BCUT2D eigenvalue weighted by molar-refractivity contribution is 0.277. The minimum absolute atomic E-state index is 0.123. The maximum Gasteiger partial charge on any atom is 0.128 e. The van der Waals surface area contributed by atoms with Gasteiger partial charge in [0.05, 0.1) is 30.1 Å². The maximum atomic E-state index is 14.0. The summed E-state index contributed by atoms with van der Waals surface area (Å²) in [7, 11) is 0. The molecule has 0 fully saturated rings. The second-order valence-electron chi connectivity index (χ2n) is 5.79. The van der Waals surface area contributed by atoms with Crippen molar-refractivity contribution in [2.45, 2.75) is 13.2 Å². The van der Waals surface area contributed by atoms with E-state index < -0.39 is 0 Å². The highest BCUT2D eigenvalue weighted by Gasteiger charge is 2.14. The number of nitrogens with zero attached hydrogens (tertiary/aromatic N) is 3. The Hall–Kier alpha value is -3.05. The third-order valence-corrected chi connectivity index (χ3v) is 4.15. The summed E-state index contributed by atoms with van der Waals surface area (Å²) >= 11 is 0. The Morgan fingerprint density at radius 1 is 0.920 bits per heavy atom. The standard InChI is InChI=1S/C20H16FN3O/c21-17-9-3-1-6-14(17)12-24-19-11-4-2-8-16(19)20(23-24)18-10-5-7-15(13-25)22-18/h1-11,25H,12-13H2. The van der Waals surface area contributed by atoms with Crippen LogP contribution in [0.1, 0.15) is 11.3 Å². The highest BCUT2D eigenvalue weighted by atomic mass is 19.1. The Morgan fingerprint density at radius 3 is 2.56 bits per heavy atom. The summed E-state index contributed by atoms with van der Waals surface area (Å²) < 4.78 is 15.8. The molecule has 0 saturated carbocycles. The molecule has 0 atom stereocenters. The van der Waals surface area contributed by atoms with Gasteiger partial charge in [-0.1, -0.05) is 42.5 Å². The van der Waals surface area contributed by atoms with Gasteiger partial charge in [-0.05, 0) is 24.3 Å². The third kappa shape index (κ3) is 2.90. The summed E-state index contributed by atoms with van der Waals surface area (Å²) in [5, 5.41) is 14.9. The SMILES string of the molecule is OCc1cccc(-c2nn(Cc3ccccc3F)c3ccccc23)n1. The highest BCUT2D eigenvalue weighted by Crippen LogP contribution is 2.27. The van der Waals surface area contributed by atoms with E-state index in [0.29, 0.717) is 23.5 Å². The number of aliphatic hydroxyl groups excluding tert-OH is 1. The summed E-state index contributed by atoms with van der Waals surface area (Å²) in [5.74, 6) is -0.246. The molecule has 2 heterocycles. The number of para-hydroxylation sites is 1. The number of pyridine rings is 1. The normalized spacial score (nSPS) is 11.1. The average Bonchev–Trinajstić information content (AvgIpc) is 3.02. The van der Waals surface area contributed by atoms with Gasteiger partial charge in [-0.3, -0.25) is 4.68 Å². The van der Waals surface area contributed by atoms with Gasteiger partial charge < -0.3 is 5.11 Å². The topological polar surface area (TPSA) is 50.9 Å². The van der Waals surface area contributed by atoms with Crippen LogP contribution in [-0.2, 0) is 13.2 Å². The van der Waals surface area contributed by atoms with Gasteiger partial charge >= 0.3 is 0 Å². The molecule has 124 valence electrons. The van der Waals surface area contributed by atoms with E-state index in [1.807, 2.05) is 42.5 Å². The Kier molecular flexibility index (Phi) is 3.99. The molecule has 2 aromatic carbocycles. The van der Waals surface area contributed by atoms with Gasteiger partial charge in [-0.25, -0.2) is 9.37 Å². The molecular weight excluding hydrogens is 317 g/mol. The van der Waals surface area contributed by atoms with E-state index in [0.717, 1.165) is 16.6 Å². The zero-order chi connectivity index (χ0) is 17.2. The number of hydrogen-bond acceptors (Lipinski definition) is 3. The van der Waals surface area contributed by atoms with E-state index in [-0.39, 0.29) is 12.4 Å². The lowest BCUT2D eigenvalue weighted by Crippen LogP contribution is -2.03. The summed E-state index contributed by atoms with van der Waals surface area (Å²) in [5.41, 5.74) is 3.50. The monoisotopic (exact) mass is 333 g/mol. The van der Waals surface area contributed by atoms with E-state index in [9.17, 15) is 9.50 Å². The first kappa shape index (κ1) is 15.5. The van der Waals surface area contributed by atoms with Gasteiger partial charge in [0.1, 0.15) is 11.5 Å². The number of halogens is 1. The van der Waals surface area contributed by atoms with Crippen molar-refractivity contribution in [2.75, 3.05) is 0 Å². The first-order valence-electron chi connectivity index (χ1n) is 8.02. The van der Waals surface area contributed by atoms with Crippen molar-refractivity contribution < 1.29 is 9.50 Å². The number of hydrogen-bond donors (Lipinski definition) is 1. The van der Waals surface area contributed by atoms with E-state index in [1.54, 1.807) is 22.9 Å². The summed E-state index contributed by atoms with van der Waals surface area (Å²) in [6, 6.07) is 20.0. The molecule has 0 unspecified atom stereocenters. The fourth-order valence-electron chi connectivity index (χ4n) is 2.92. The number of aromatic nitrogens is 3. The van der Waals surface area contributed by atoms with Crippen molar-refractivity contribution >= 4 is 10.9 Å². The minimum atomic E-state index is -0.246. The molecule has 0 saturated heterocycles. The van der Waals surface area contributed by atoms with Crippen molar-refractivity contribution in [3.8, 4) is 11.4 Å². The van der Waals surface area contributed by atoms with E-state index in [1.165, 1.54) is 6.07 Å². The zero-order valence-electron chi connectivity index (χ0n) is 13.4. The smallest absolute Gasteiger partial charge is 0.128 e. The van der Waals surface area contributed by atoms with E-state index in [4.69, 9.17) is 0 Å². The van der Waals surface area contributed by atoms with Gasteiger partial charge in [0.2, 0.25) is 0 Å². The van der Waals surface area contributed by atoms with Crippen molar-refractivity contribution in [3.05, 3.63) is 83.8 Å². The molecule has 2 aromatic heterocycles. The van der Waals surface area contributed by atoms with Crippen LogP contribution in [0.2, 0.25) is 0 Å². The van der Waals surface area contributed by atoms with Gasteiger partial charge in [-0.2, -0.15) is 5.10 Å². The van der Waals surface area contributed by atoms with Gasteiger partial charge in [-0.15, -0.1) is 0 Å². The van der Waals surface area contributed by atoms with Crippen LogP contribution in [0.4, 0.5) is 4.39 Å². The summed E-state index contributed by atoms with van der Waals surface area (Å²) in [6.07, 6.45) is 0. The van der Waals surface area contributed by atoms with Crippen LogP contribution >= 0.6 is 0 Å². The molecule has 0 amide bonds. The van der Waals surface area contributed by atoms with Gasteiger partial charge in [0.25, 0.3) is 0 Å². The lowest BCUT2D eigenvalue weighted by atomic mass is 10.1. The molecule has 4 rings (SSSR count). The Bertz CT molecular complexity index is 1040. The minimum Gasteiger partial charge on any atom is -0.390 e. The van der Waals surface area contributed by atoms with Crippen molar-refractivity contribution in [2.24, 2.45) is 0 Å². The predicted molar refractivity (Wildman–Crippen MR) is 94.4 cm³/mol. The second kappa shape index (κ2) is 6.45. The first-order chi connectivity index (χ1) is 12.3. The molecule has 0 radical (unpaired) electrons. The Labute approximate surface area is 144 Å². The van der Waals surface area contributed by atoms with Crippen LogP contribution in [0.15, 0.2) is 66.7 Å². The fraction of sp³-hybridized carbons (Fsp3) is 0.100. The van der Waals surface area contributed by atoms with Crippen LogP contribution in [0, 0.1) is 5.82 Å². The molecule has 4 aromatic rings. The predicted octanol–water partition coefficient (Wildman–Crippen LogP) is 3.78. The molecule has 0 bridgehead atoms. The number of rotatable bonds is 4. The highest BCUT2D eigenvalue weighted by molar-refractivity contribution is 5.92. The van der Waals surface area contributed by atoms with E-state index in [2.05, 4.69) is 10.1 Å². The number of fused-ring (bicyclic) bond motifs is 1. The van der Waals surface area contributed by atoms with Crippen LogP contribution in [0.3, 0.4) is 0 Å². The number of benzene rings is 2. The Balaban J connectivity index is 1.85. The van der Waals surface area contributed by atoms with Crippen LogP contribution in [0.5, 0.6) is 0 Å². The summed E-state index contributed by atoms with van der Waals surface area (Å²) in [4.78, 5) is 4.45. The van der Waals surface area contributed by atoms with Crippen molar-refractivity contribution in [3.63, 3.8) is 0 Å². The van der Waals surface area contributed by atoms with Crippen LogP contribution in [0.25, 0.3) is 22.3 Å². The molecule has 5 heteroatoms. The van der Waals surface area contributed by atoms with Gasteiger partial charge in [0, 0.05) is 10.9 Å². The molecular formula is C20H16FN3O. The zero-order valence-corrected chi connectivity index (χ0v) is 13.4. The molecule has 0 aliphatic heterocycles. The molecule has 25 heavy (non-hydrogen) atoms. The first-order valence-corrected chi connectivity index (χ1v) is 8.02. The van der Waals surface area contributed by atoms with Gasteiger partial charge in [0.15, 0.2) is 0 Å². The molecule has 1 N–H and O–H groups in total. The Morgan fingerprint density at radius 2 is 1.72 bits per heavy atom. The van der Waals surface area contributed by atoms with Crippen molar-refractivity contribution in [1.82, 2.24) is 14.8 Å². The summed E-state index contributed by atoms with van der Waals surface area (Å²) in [6.45, 7) is 0.217. The fourth-order valence-corrected chi connectivity index (χ4v) is 2.92. The van der Waals surface area contributed by atoms with Crippen LogP contribution in [-0.4, -0.2) is 19.9 Å². The van der Waals surface area contributed by atoms with Crippen molar-refractivity contribution in [1.29, 1.82) is 0 Å².